The van der Waals surface area contributed by atoms with Crippen molar-refractivity contribution in [3.05, 3.63) is 71.5 Å². The molecule has 148 valence electrons. The van der Waals surface area contributed by atoms with Crippen molar-refractivity contribution < 1.29 is 14.6 Å². The van der Waals surface area contributed by atoms with Gasteiger partial charge in [-0.1, -0.05) is 41.9 Å². The van der Waals surface area contributed by atoms with Crippen LogP contribution >= 0.6 is 11.6 Å². The first-order valence-corrected chi connectivity index (χ1v) is 9.68. The summed E-state index contributed by atoms with van der Waals surface area (Å²) >= 11 is 6.41. The Balaban J connectivity index is 1.67. The molecular formula is C22H20ClN3O3. The van der Waals surface area contributed by atoms with E-state index < -0.39 is 12.0 Å². The van der Waals surface area contributed by atoms with E-state index in [1.165, 1.54) is 0 Å². The lowest BCUT2D eigenvalue weighted by atomic mass is 10.0. The second kappa shape index (κ2) is 8.09. The SMILES string of the molecule is COc1cnc(-c2ccc(N3[C@@H](c4ccccc4Cl)CC[C@H]3C(=O)O)cc2)cn1. The van der Waals surface area contributed by atoms with Gasteiger partial charge in [0.2, 0.25) is 5.88 Å². The van der Waals surface area contributed by atoms with Crippen LogP contribution in [0.15, 0.2) is 60.9 Å². The van der Waals surface area contributed by atoms with Crippen LogP contribution in [-0.2, 0) is 4.79 Å². The third kappa shape index (κ3) is 3.76. The molecule has 0 bridgehead atoms. The van der Waals surface area contributed by atoms with Crippen LogP contribution < -0.4 is 9.64 Å². The number of ether oxygens (including phenoxy) is 1. The lowest BCUT2D eigenvalue weighted by Crippen LogP contribution is -2.37. The predicted octanol–water partition coefficient (Wildman–Crippen LogP) is 4.60. The van der Waals surface area contributed by atoms with Crippen LogP contribution in [-0.4, -0.2) is 34.2 Å². The largest absolute Gasteiger partial charge is 0.480 e. The molecule has 2 aromatic carbocycles. The van der Waals surface area contributed by atoms with Crippen molar-refractivity contribution in [1.82, 2.24) is 9.97 Å². The second-order valence-corrected chi connectivity index (χ2v) is 7.27. The molecule has 1 aromatic heterocycles. The molecule has 0 aliphatic carbocycles. The van der Waals surface area contributed by atoms with Crippen molar-refractivity contribution in [3.63, 3.8) is 0 Å². The monoisotopic (exact) mass is 409 g/mol. The lowest BCUT2D eigenvalue weighted by molar-refractivity contribution is -0.138. The number of carbonyl (C=O) groups is 1. The first-order chi connectivity index (χ1) is 14.1. The number of benzene rings is 2. The molecule has 29 heavy (non-hydrogen) atoms. The highest BCUT2D eigenvalue weighted by molar-refractivity contribution is 6.31. The first kappa shape index (κ1) is 19.2. The zero-order valence-electron chi connectivity index (χ0n) is 15.8. The van der Waals surface area contributed by atoms with E-state index in [9.17, 15) is 9.90 Å². The average molecular weight is 410 g/mol. The number of carboxylic acids is 1. The van der Waals surface area contributed by atoms with E-state index in [0.29, 0.717) is 17.3 Å². The highest BCUT2D eigenvalue weighted by Crippen LogP contribution is 2.42. The Bertz CT molecular complexity index is 1010. The van der Waals surface area contributed by atoms with Gasteiger partial charge in [0.05, 0.1) is 31.2 Å². The molecule has 2 atom stereocenters. The summed E-state index contributed by atoms with van der Waals surface area (Å²) in [6.45, 7) is 0. The minimum atomic E-state index is -0.829. The Hall–Kier alpha value is -3.12. The zero-order valence-corrected chi connectivity index (χ0v) is 16.6. The number of carboxylic acid groups (broad SMARTS) is 1. The number of aliphatic carboxylic acids is 1. The predicted molar refractivity (Wildman–Crippen MR) is 111 cm³/mol. The number of hydrogen-bond acceptors (Lipinski definition) is 5. The van der Waals surface area contributed by atoms with Crippen molar-refractivity contribution in [2.24, 2.45) is 0 Å². The van der Waals surface area contributed by atoms with E-state index in [1.54, 1.807) is 19.5 Å². The van der Waals surface area contributed by atoms with Gasteiger partial charge in [0.25, 0.3) is 0 Å². The van der Waals surface area contributed by atoms with Gasteiger partial charge in [-0.2, -0.15) is 0 Å². The van der Waals surface area contributed by atoms with Gasteiger partial charge in [0, 0.05) is 16.3 Å². The van der Waals surface area contributed by atoms with Gasteiger partial charge in [0.15, 0.2) is 0 Å². The molecular weight excluding hydrogens is 390 g/mol. The number of halogens is 1. The van der Waals surface area contributed by atoms with E-state index >= 15 is 0 Å². The maximum absolute atomic E-state index is 11.9. The summed E-state index contributed by atoms with van der Waals surface area (Å²) in [5.41, 5.74) is 3.40. The Morgan fingerprint density at radius 3 is 2.48 bits per heavy atom. The summed E-state index contributed by atoms with van der Waals surface area (Å²) in [5.74, 6) is -0.376. The van der Waals surface area contributed by atoms with Gasteiger partial charge in [-0.05, 0) is 36.6 Å². The highest BCUT2D eigenvalue weighted by atomic mass is 35.5. The number of methoxy groups -OCH3 is 1. The molecule has 0 amide bonds. The van der Waals surface area contributed by atoms with Gasteiger partial charge < -0.3 is 14.7 Å². The van der Waals surface area contributed by atoms with E-state index in [4.69, 9.17) is 16.3 Å². The Kier molecular flexibility index (Phi) is 5.36. The third-order valence-electron chi connectivity index (χ3n) is 5.23. The van der Waals surface area contributed by atoms with Crippen LogP contribution in [0.3, 0.4) is 0 Å². The van der Waals surface area contributed by atoms with Gasteiger partial charge in [-0.15, -0.1) is 0 Å². The second-order valence-electron chi connectivity index (χ2n) is 6.87. The summed E-state index contributed by atoms with van der Waals surface area (Å²) < 4.78 is 5.04. The molecule has 1 N–H and O–H groups in total. The Morgan fingerprint density at radius 2 is 1.86 bits per heavy atom. The van der Waals surface area contributed by atoms with Crippen molar-refractivity contribution in [3.8, 4) is 17.1 Å². The molecule has 6 nitrogen and oxygen atoms in total. The van der Waals surface area contributed by atoms with E-state index in [1.807, 2.05) is 53.4 Å². The molecule has 0 radical (unpaired) electrons. The van der Waals surface area contributed by atoms with Crippen molar-refractivity contribution in [1.29, 1.82) is 0 Å². The molecule has 0 spiro atoms. The van der Waals surface area contributed by atoms with Crippen LogP contribution in [0.4, 0.5) is 5.69 Å². The molecule has 4 rings (SSSR count). The van der Waals surface area contributed by atoms with Gasteiger partial charge in [-0.3, -0.25) is 0 Å². The number of aromatic nitrogens is 2. The summed E-state index contributed by atoms with van der Waals surface area (Å²) in [4.78, 5) is 22.4. The minimum absolute atomic E-state index is 0.0866. The summed E-state index contributed by atoms with van der Waals surface area (Å²) in [6.07, 6.45) is 4.51. The number of anilines is 1. The van der Waals surface area contributed by atoms with E-state index in [-0.39, 0.29) is 6.04 Å². The third-order valence-corrected chi connectivity index (χ3v) is 5.58. The van der Waals surface area contributed by atoms with Gasteiger partial charge in [0.1, 0.15) is 6.04 Å². The zero-order chi connectivity index (χ0) is 20.4. The molecule has 0 unspecified atom stereocenters. The fraction of sp³-hybridized carbons (Fsp3) is 0.227. The van der Waals surface area contributed by atoms with Crippen molar-refractivity contribution in [2.75, 3.05) is 12.0 Å². The molecule has 7 heteroatoms. The quantitative estimate of drug-likeness (QED) is 0.663. The molecule has 0 saturated carbocycles. The number of nitrogens with zero attached hydrogens (tertiary/aromatic N) is 3. The summed E-state index contributed by atoms with van der Waals surface area (Å²) in [5, 5.41) is 10.4. The van der Waals surface area contributed by atoms with Crippen molar-refractivity contribution >= 4 is 23.3 Å². The van der Waals surface area contributed by atoms with Crippen LogP contribution in [0, 0.1) is 0 Å². The Morgan fingerprint density at radius 1 is 1.10 bits per heavy atom. The molecule has 1 saturated heterocycles. The number of hydrogen-bond donors (Lipinski definition) is 1. The smallest absolute Gasteiger partial charge is 0.326 e. The lowest BCUT2D eigenvalue weighted by Gasteiger charge is -2.31. The van der Waals surface area contributed by atoms with Crippen molar-refractivity contribution in [2.45, 2.75) is 24.9 Å². The topological polar surface area (TPSA) is 75.5 Å². The van der Waals surface area contributed by atoms with E-state index in [2.05, 4.69) is 9.97 Å². The van der Waals surface area contributed by atoms with Crippen LogP contribution in [0.1, 0.15) is 24.4 Å². The summed E-state index contributed by atoms with van der Waals surface area (Å²) in [6, 6.07) is 14.6. The normalized spacial score (nSPS) is 18.6. The maximum Gasteiger partial charge on any atom is 0.326 e. The van der Waals surface area contributed by atoms with Crippen LogP contribution in [0.25, 0.3) is 11.3 Å². The van der Waals surface area contributed by atoms with Gasteiger partial charge in [-0.25, -0.2) is 14.8 Å². The standard InChI is InChI=1S/C22H20ClN3O3/c1-29-21-13-24-18(12-25-21)14-6-8-15(9-7-14)26-19(10-11-20(26)22(27)28)16-4-2-3-5-17(16)23/h2-9,12-13,19-20H,10-11H2,1H3,(H,27,28)/t19-,20+/m1/s1. The fourth-order valence-electron chi connectivity index (χ4n) is 3.84. The highest BCUT2D eigenvalue weighted by Gasteiger charge is 2.39. The average Bonchev–Trinajstić information content (AvgIpc) is 3.19. The van der Waals surface area contributed by atoms with Gasteiger partial charge >= 0.3 is 5.97 Å². The molecule has 1 aliphatic heterocycles. The molecule has 1 aliphatic rings. The molecule has 3 aromatic rings. The maximum atomic E-state index is 11.9. The molecule has 2 heterocycles. The minimum Gasteiger partial charge on any atom is -0.480 e. The molecule has 1 fully saturated rings. The van der Waals surface area contributed by atoms with E-state index in [0.717, 1.165) is 28.9 Å². The fourth-order valence-corrected chi connectivity index (χ4v) is 4.10. The van der Waals surface area contributed by atoms with Crippen LogP contribution in [0.5, 0.6) is 5.88 Å². The first-order valence-electron chi connectivity index (χ1n) is 9.30. The Labute approximate surface area is 173 Å². The number of rotatable bonds is 5. The van der Waals surface area contributed by atoms with Crippen LogP contribution in [0.2, 0.25) is 5.02 Å². The summed E-state index contributed by atoms with van der Waals surface area (Å²) in [7, 11) is 1.54.